The fourth-order valence-electron chi connectivity index (χ4n) is 2.32. The highest BCUT2D eigenvalue weighted by molar-refractivity contribution is 5.76. The average molecular weight is 288 g/mol. The van der Waals surface area contributed by atoms with Gasteiger partial charge in [0.1, 0.15) is 5.82 Å². The normalized spacial score (nSPS) is 13.5. The van der Waals surface area contributed by atoms with Gasteiger partial charge < -0.3 is 9.67 Å². The van der Waals surface area contributed by atoms with E-state index in [1.165, 1.54) is 0 Å². The summed E-state index contributed by atoms with van der Waals surface area (Å²) >= 11 is 0. The largest absolute Gasteiger partial charge is 0.481 e. The van der Waals surface area contributed by atoms with Crippen molar-refractivity contribution in [1.82, 2.24) is 9.55 Å². The van der Waals surface area contributed by atoms with Crippen molar-refractivity contribution in [3.63, 3.8) is 0 Å². The molecule has 0 spiro atoms. The van der Waals surface area contributed by atoms with Gasteiger partial charge in [-0.3, -0.25) is 4.79 Å². The zero-order valence-corrected chi connectivity index (χ0v) is 13.3. The van der Waals surface area contributed by atoms with Crippen molar-refractivity contribution in [2.24, 2.45) is 11.3 Å². The number of benzene rings is 1. The van der Waals surface area contributed by atoms with Crippen LogP contribution in [0.2, 0.25) is 0 Å². The number of fused-ring (bicyclic) bond motifs is 1. The van der Waals surface area contributed by atoms with Gasteiger partial charge >= 0.3 is 5.97 Å². The van der Waals surface area contributed by atoms with E-state index in [2.05, 4.69) is 32.3 Å². The Balaban J connectivity index is 2.37. The van der Waals surface area contributed by atoms with E-state index in [0.717, 1.165) is 23.3 Å². The number of nitrogens with zero attached hydrogens (tertiary/aromatic N) is 2. The van der Waals surface area contributed by atoms with Gasteiger partial charge in [-0.1, -0.05) is 39.8 Å². The second kappa shape index (κ2) is 5.88. The van der Waals surface area contributed by atoms with Crippen molar-refractivity contribution in [3.8, 4) is 0 Å². The number of rotatable bonds is 5. The minimum Gasteiger partial charge on any atom is -0.481 e. The fraction of sp³-hybridized carbons (Fsp3) is 0.529. The number of para-hydroxylation sites is 2. The maximum Gasteiger partial charge on any atom is 0.305 e. The van der Waals surface area contributed by atoms with Gasteiger partial charge in [0.15, 0.2) is 0 Å². The Labute approximate surface area is 125 Å². The monoisotopic (exact) mass is 288 g/mol. The Morgan fingerprint density at radius 2 is 2.00 bits per heavy atom. The minimum absolute atomic E-state index is 0.122. The number of aromatic nitrogens is 2. The van der Waals surface area contributed by atoms with Crippen LogP contribution in [0.5, 0.6) is 0 Å². The summed E-state index contributed by atoms with van der Waals surface area (Å²) in [6.45, 7) is 9.37. The van der Waals surface area contributed by atoms with E-state index >= 15 is 0 Å². The zero-order valence-electron chi connectivity index (χ0n) is 13.3. The summed E-state index contributed by atoms with van der Waals surface area (Å²) in [5, 5.41) is 8.95. The molecule has 4 nitrogen and oxygen atoms in total. The first kappa shape index (κ1) is 15.5. The van der Waals surface area contributed by atoms with Crippen molar-refractivity contribution in [1.29, 1.82) is 0 Å². The molecule has 0 radical (unpaired) electrons. The molecule has 4 heteroatoms. The van der Waals surface area contributed by atoms with E-state index in [-0.39, 0.29) is 11.8 Å². The second-order valence-corrected chi connectivity index (χ2v) is 6.78. The quantitative estimate of drug-likeness (QED) is 0.912. The van der Waals surface area contributed by atoms with Gasteiger partial charge in [-0.25, -0.2) is 4.98 Å². The van der Waals surface area contributed by atoms with Crippen LogP contribution in [0.1, 0.15) is 39.9 Å². The summed E-state index contributed by atoms with van der Waals surface area (Å²) in [6.07, 6.45) is 0.981. The molecule has 2 rings (SSSR count). The molecule has 1 N–H and O–H groups in total. The highest BCUT2D eigenvalue weighted by Gasteiger charge is 2.23. The summed E-state index contributed by atoms with van der Waals surface area (Å²) in [5.74, 6) is 0.681. The van der Waals surface area contributed by atoms with Crippen LogP contribution in [0.15, 0.2) is 24.3 Å². The molecule has 0 amide bonds. The van der Waals surface area contributed by atoms with Crippen molar-refractivity contribution in [2.75, 3.05) is 0 Å². The lowest BCUT2D eigenvalue weighted by Crippen LogP contribution is -2.21. The molecular formula is C17H24N2O2. The number of carboxylic acids is 1. The molecule has 1 unspecified atom stereocenters. The van der Waals surface area contributed by atoms with Crippen LogP contribution in [0.3, 0.4) is 0 Å². The zero-order chi connectivity index (χ0) is 15.6. The van der Waals surface area contributed by atoms with E-state index in [1.54, 1.807) is 0 Å². The van der Waals surface area contributed by atoms with E-state index in [1.807, 2.05) is 24.3 Å². The molecule has 0 bridgehead atoms. The summed E-state index contributed by atoms with van der Waals surface area (Å²) in [4.78, 5) is 15.6. The molecule has 114 valence electrons. The third-order valence-corrected chi connectivity index (χ3v) is 4.25. The highest BCUT2D eigenvalue weighted by atomic mass is 16.4. The first-order valence-corrected chi connectivity index (χ1v) is 7.45. The van der Waals surface area contributed by atoms with Crippen LogP contribution in [-0.2, 0) is 17.8 Å². The summed E-state index contributed by atoms with van der Waals surface area (Å²) in [7, 11) is 0. The number of hydrogen-bond acceptors (Lipinski definition) is 2. The molecule has 0 aliphatic rings. The van der Waals surface area contributed by atoms with Crippen molar-refractivity contribution < 1.29 is 9.90 Å². The smallest absolute Gasteiger partial charge is 0.305 e. The third-order valence-electron chi connectivity index (χ3n) is 4.25. The molecule has 1 aromatic heterocycles. The third kappa shape index (κ3) is 3.63. The number of aliphatic carboxylic acids is 1. The van der Waals surface area contributed by atoms with Gasteiger partial charge in [0.25, 0.3) is 0 Å². The van der Waals surface area contributed by atoms with Gasteiger partial charge in [-0.2, -0.15) is 0 Å². The van der Waals surface area contributed by atoms with Gasteiger partial charge in [0.2, 0.25) is 0 Å². The van der Waals surface area contributed by atoms with Crippen LogP contribution in [0.25, 0.3) is 11.0 Å². The number of hydrogen-bond donors (Lipinski definition) is 1. The number of carboxylic acid groups (broad SMARTS) is 1. The van der Waals surface area contributed by atoms with Crippen molar-refractivity contribution >= 4 is 17.0 Å². The van der Waals surface area contributed by atoms with Crippen molar-refractivity contribution in [3.05, 3.63) is 30.1 Å². The van der Waals surface area contributed by atoms with E-state index in [0.29, 0.717) is 12.5 Å². The molecule has 2 aromatic rings. The molecule has 1 heterocycles. The second-order valence-electron chi connectivity index (χ2n) is 6.78. The molecule has 0 aliphatic heterocycles. The highest BCUT2D eigenvalue weighted by Crippen LogP contribution is 2.29. The Kier molecular flexibility index (Phi) is 4.35. The predicted molar refractivity (Wildman–Crippen MR) is 84.3 cm³/mol. The molecule has 0 saturated heterocycles. The lowest BCUT2D eigenvalue weighted by atomic mass is 9.80. The number of imidazole rings is 1. The van der Waals surface area contributed by atoms with Crippen LogP contribution in [0.4, 0.5) is 0 Å². The number of aryl methyl sites for hydroxylation is 1. The molecule has 21 heavy (non-hydrogen) atoms. The fourth-order valence-corrected chi connectivity index (χ4v) is 2.32. The van der Waals surface area contributed by atoms with Gasteiger partial charge in [0.05, 0.1) is 17.5 Å². The Hall–Kier alpha value is -1.84. The lowest BCUT2D eigenvalue weighted by molar-refractivity contribution is -0.137. The standard InChI is InChI=1S/C17H24N2O2/c1-12(17(2,3)4)11-15-18-13-7-5-6-8-14(13)19(15)10-9-16(20)21/h5-8,12H,9-11H2,1-4H3,(H,20,21). The SMILES string of the molecule is CC(Cc1nc2ccccc2n1CCC(=O)O)C(C)(C)C. The molecule has 0 saturated carbocycles. The van der Waals surface area contributed by atoms with E-state index in [4.69, 9.17) is 10.1 Å². The number of carbonyl (C=O) groups is 1. The van der Waals surface area contributed by atoms with Crippen LogP contribution in [-0.4, -0.2) is 20.6 Å². The molecule has 0 fully saturated rings. The molecule has 1 atom stereocenters. The van der Waals surface area contributed by atoms with Gasteiger partial charge in [-0.05, 0) is 23.5 Å². The first-order valence-electron chi connectivity index (χ1n) is 7.45. The molecule has 1 aromatic carbocycles. The van der Waals surface area contributed by atoms with Crippen LogP contribution < -0.4 is 0 Å². The van der Waals surface area contributed by atoms with Crippen LogP contribution in [0, 0.1) is 11.3 Å². The predicted octanol–water partition coefficient (Wildman–Crippen LogP) is 3.74. The summed E-state index contributed by atoms with van der Waals surface area (Å²) in [6, 6.07) is 7.93. The average Bonchev–Trinajstić information content (AvgIpc) is 2.72. The Bertz CT molecular complexity index is 638. The van der Waals surface area contributed by atoms with Crippen molar-refractivity contribution in [2.45, 2.75) is 47.1 Å². The first-order chi connectivity index (χ1) is 9.79. The lowest BCUT2D eigenvalue weighted by Gasteiger charge is -2.27. The van der Waals surface area contributed by atoms with Crippen LogP contribution >= 0.6 is 0 Å². The Morgan fingerprint density at radius 1 is 1.33 bits per heavy atom. The minimum atomic E-state index is -0.775. The maximum absolute atomic E-state index is 10.9. The maximum atomic E-state index is 10.9. The Morgan fingerprint density at radius 3 is 2.62 bits per heavy atom. The summed E-state index contributed by atoms with van der Waals surface area (Å²) in [5.41, 5.74) is 2.17. The van der Waals surface area contributed by atoms with E-state index in [9.17, 15) is 4.79 Å². The summed E-state index contributed by atoms with van der Waals surface area (Å²) < 4.78 is 2.06. The van der Waals surface area contributed by atoms with Gasteiger partial charge in [-0.15, -0.1) is 0 Å². The molecule has 0 aliphatic carbocycles. The van der Waals surface area contributed by atoms with Gasteiger partial charge in [0, 0.05) is 13.0 Å². The van der Waals surface area contributed by atoms with E-state index < -0.39 is 5.97 Å². The molecular weight excluding hydrogens is 264 g/mol. The topological polar surface area (TPSA) is 55.1 Å².